The van der Waals surface area contributed by atoms with Crippen LogP contribution >= 0.6 is 0 Å². The Morgan fingerprint density at radius 2 is 1.90 bits per heavy atom. The Morgan fingerprint density at radius 3 is 2.52 bits per heavy atom. The highest BCUT2D eigenvalue weighted by molar-refractivity contribution is 5.44. The predicted molar refractivity (Wildman–Crippen MR) is 84.9 cm³/mol. The molecule has 2 unspecified atom stereocenters. The highest BCUT2D eigenvalue weighted by atomic mass is 16.5. The van der Waals surface area contributed by atoms with Crippen molar-refractivity contribution in [3.63, 3.8) is 0 Å². The molecule has 1 aliphatic rings. The lowest BCUT2D eigenvalue weighted by atomic mass is 9.84. The second kappa shape index (κ2) is 6.69. The molecule has 0 amide bonds. The van der Waals surface area contributed by atoms with Crippen molar-refractivity contribution in [2.75, 3.05) is 14.2 Å². The van der Waals surface area contributed by atoms with Crippen molar-refractivity contribution in [1.82, 2.24) is 0 Å². The molecule has 1 saturated carbocycles. The van der Waals surface area contributed by atoms with Crippen LogP contribution in [0.25, 0.3) is 0 Å². The molecular weight excluding hydrogens is 264 g/mol. The van der Waals surface area contributed by atoms with Gasteiger partial charge in [0.05, 0.1) is 19.8 Å². The molecule has 0 radical (unpaired) electrons. The molecule has 1 aliphatic carbocycles. The van der Waals surface area contributed by atoms with Crippen LogP contribution in [0.4, 0.5) is 0 Å². The van der Waals surface area contributed by atoms with Crippen LogP contribution in [0.3, 0.4) is 0 Å². The average Bonchev–Trinajstić information content (AvgIpc) is 2.69. The number of benzene rings is 1. The molecule has 1 aromatic rings. The van der Waals surface area contributed by atoms with Crippen LogP contribution in [0.1, 0.15) is 51.5 Å². The van der Waals surface area contributed by atoms with Crippen LogP contribution in [0.5, 0.6) is 11.5 Å². The van der Waals surface area contributed by atoms with Crippen molar-refractivity contribution in [3.8, 4) is 11.5 Å². The minimum atomic E-state index is -0.802. The van der Waals surface area contributed by atoms with E-state index in [1.165, 1.54) is 6.42 Å². The maximum Gasteiger partial charge on any atom is 0.125 e. The van der Waals surface area contributed by atoms with Gasteiger partial charge in [-0.3, -0.25) is 0 Å². The van der Waals surface area contributed by atoms with E-state index < -0.39 is 5.60 Å². The summed E-state index contributed by atoms with van der Waals surface area (Å²) >= 11 is 0. The number of ether oxygens (including phenoxy) is 2. The molecule has 2 atom stereocenters. The molecule has 0 heterocycles. The molecule has 0 spiro atoms. The first-order chi connectivity index (χ1) is 10.00. The molecule has 1 N–H and O–H groups in total. The van der Waals surface area contributed by atoms with Gasteiger partial charge in [0, 0.05) is 5.56 Å². The molecule has 21 heavy (non-hydrogen) atoms. The number of methoxy groups -OCH3 is 2. The SMILES string of the molecule is COc1ccc(OC)c(C2(O)CCCC(C(C)C)CC2)c1. The monoisotopic (exact) mass is 292 g/mol. The van der Waals surface area contributed by atoms with E-state index in [0.29, 0.717) is 11.8 Å². The number of hydrogen-bond donors (Lipinski definition) is 1. The maximum absolute atomic E-state index is 11.2. The molecule has 0 saturated heterocycles. The number of hydrogen-bond acceptors (Lipinski definition) is 3. The maximum atomic E-state index is 11.2. The lowest BCUT2D eigenvalue weighted by Crippen LogP contribution is -2.26. The standard InChI is InChI=1S/C18H28O3/c1-13(2)14-6-5-10-18(19,11-9-14)16-12-15(20-3)7-8-17(16)21-4/h7-8,12-14,19H,5-6,9-11H2,1-4H3. The minimum Gasteiger partial charge on any atom is -0.497 e. The van der Waals surface area contributed by atoms with E-state index in [2.05, 4.69) is 13.8 Å². The van der Waals surface area contributed by atoms with Gasteiger partial charge in [0.1, 0.15) is 11.5 Å². The van der Waals surface area contributed by atoms with Gasteiger partial charge in [-0.1, -0.05) is 20.3 Å². The first-order valence-corrected chi connectivity index (χ1v) is 7.95. The van der Waals surface area contributed by atoms with Crippen molar-refractivity contribution in [1.29, 1.82) is 0 Å². The third-order valence-corrected chi connectivity index (χ3v) is 4.94. The van der Waals surface area contributed by atoms with E-state index in [9.17, 15) is 5.11 Å². The Kier molecular flexibility index (Phi) is 5.15. The third-order valence-electron chi connectivity index (χ3n) is 4.94. The van der Waals surface area contributed by atoms with Gasteiger partial charge in [0.2, 0.25) is 0 Å². The van der Waals surface area contributed by atoms with Crippen molar-refractivity contribution in [2.45, 2.75) is 51.6 Å². The molecule has 3 nitrogen and oxygen atoms in total. The Morgan fingerprint density at radius 1 is 1.14 bits per heavy atom. The van der Waals surface area contributed by atoms with E-state index in [1.807, 2.05) is 18.2 Å². The fraction of sp³-hybridized carbons (Fsp3) is 0.667. The van der Waals surface area contributed by atoms with Crippen LogP contribution in [0.2, 0.25) is 0 Å². The Labute approximate surface area is 128 Å². The zero-order valence-corrected chi connectivity index (χ0v) is 13.7. The molecule has 3 heteroatoms. The summed E-state index contributed by atoms with van der Waals surface area (Å²) in [6.07, 6.45) is 4.90. The van der Waals surface area contributed by atoms with Crippen LogP contribution in [0, 0.1) is 11.8 Å². The first-order valence-electron chi connectivity index (χ1n) is 7.95. The van der Waals surface area contributed by atoms with E-state index in [0.717, 1.165) is 42.7 Å². The summed E-state index contributed by atoms with van der Waals surface area (Å²) in [7, 11) is 3.31. The largest absolute Gasteiger partial charge is 0.497 e. The van der Waals surface area contributed by atoms with Gasteiger partial charge in [-0.25, -0.2) is 0 Å². The van der Waals surface area contributed by atoms with E-state index in [4.69, 9.17) is 9.47 Å². The molecule has 0 bridgehead atoms. The number of rotatable bonds is 4. The molecule has 1 fully saturated rings. The quantitative estimate of drug-likeness (QED) is 0.848. The zero-order chi connectivity index (χ0) is 15.5. The van der Waals surface area contributed by atoms with E-state index in [-0.39, 0.29) is 0 Å². The highest BCUT2D eigenvalue weighted by Gasteiger charge is 2.35. The fourth-order valence-electron chi connectivity index (χ4n) is 3.46. The van der Waals surface area contributed by atoms with E-state index >= 15 is 0 Å². The summed E-state index contributed by atoms with van der Waals surface area (Å²) in [6.45, 7) is 4.56. The summed E-state index contributed by atoms with van der Waals surface area (Å²) in [6, 6.07) is 5.69. The van der Waals surface area contributed by atoms with Crippen LogP contribution < -0.4 is 9.47 Å². The van der Waals surface area contributed by atoms with Crippen molar-refractivity contribution in [3.05, 3.63) is 23.8 Å². The van der Waals surface area contributed by atoms with Gasteiger partial charge in [0.25, 0.3) is 0 Å². The summed E-state index contributed by atoms with van der Waals surface area (Å²) in [5.41, 5.74) is 0.0672. The normalized spacial score (nSPS) is 26.5. The van der Waals surface area contributed by atoms with Gasteiger partial charge in [0.15, 0.2) is 0 Å². The summed E-state index contributed by atoms with van der Waals surface area (Å²) in [5, 5.41) is 11.2. The average molecular weight is 292 g/mol. The van der Waals surface area contributed by atoms with Crippen molar-refractivity contribution in [2.24, 2.45) is 11.8 Å². The van der Waals surface area contributed by atoms with Crippen LogP contribution in [-0.4, -0.2) is 19.3 Å². The Hall–Kier alpha value is -1.22. The topological polar surface area (TPSA) is 38.7 Å². The van der Waals surface area contributed by atoms with Gasteiger partial charge >= 0.3 is 0 Å². The molecule has 0 aromatic heterocycles. The second-order valence-electron chi connectivity index (χ2n) is 6.53. The van der Waals surface area contributed by atoms with Gasteiger partial charge in [-0.15, -0.1) is 0 Å². The highest BCUT2D eigenvalue weighted by Crippen LogP contribution is 2.44. The Bertz CT molecular complexity index is 470. The zero-order valence-electron chi connectivity index (χ0n) is 13.7. The Balaban J connectivity index is 2.30. The lowest BCUT2D eigenvalue weighted by molar-refractivity contribution is 0.0167. The third kappa shape index (κ3) is 3.52. The second-order valence-corrected chi connectivity index (χ2v) is 6.53. The summed E-state index contributed by atoms with van der Waals surface area (Å²) in [5.74, 6) is 2.90. The summed E-state index contributed by atoms with van der Waals surface area (Å²) < 4.78 is 10.8. The molecule has 1 aromatic carbocycles. The van der Waals surface area contributed by atoms with Gasteiger partial charge in [-0.2, -0.15) is 0 Å². The van der Waals surface area contributed by atoms with Crippen molar-refractivity contribution >= 4 is 0 Å². The van der Waals surface area contributed by atoms with Gasteiger partial charge in [-0.05, 0) is 55.7 Å². The summed E-state index contributed by atoms with van der Waals surface area (Å²) in [4.78, 5) is 0. The van der Waals surface area contributed by atoms with Crippen LogP contribution in [0.15, 0.2) is 18.2 Å². The molecule has 118 valence electrons. The molecule has 2 rings (SSSR count). The lowest BCUT2D eigenvalue weighted by Gasteiger charge is -2.29. The minimum absolute atomic E-state index is 0.680. The molecular formula is C18H28O3. The van der Waals surface area contributed by atoms with Crippen LogP contribution in [-0.2, 0) is 5.60 Å². The number of aliphatic hydroxyl groups is 1. The van der Waals surface area contributed by atoms with Gasteiger partial charge < -0.3 is 14.6 Å². The fourth-order valence-corrected chi connectivity index (χ4v) is 3.46. The molecule has 0 aliphatic heterocycles. The first kappa shape index (κ1) is 16.2. The smallest absolute Gasteiger partial charge is 0.125 e. The van der Waals surface area contributed by atoms with E-state index in [1.54, 1.807) is 14.2 Å². The predicted octanol–water partition coefficient (Wildman–Crippen LogP) is 4.13. The van der Waals surface area contributed by atoms with Crippen molar-refractivity contribution < 1.29 is 14.6 Å².